The van der Waals surface area contributed by atoms with Crippen LogP contribution in [-0.2, 0) is 17.8 Å². The third kappa shape index (κ3) is 4.62. The summed E-state index contributed by atoms with van der Waals surface area (Å²) in [6, 6.07) is 5.92. The largest absolute Gasteiger partial charge is 0.462 e. The predicted octanol–water partition coefficient (Wildman–Crippen LogP) is 4.79. The van der Waals surface area contributed by atoms with Gasteiger partial charge < -0.3 is 4.74 Å². The molecule has 2 aromatic rings. The molecule has 1 aromatic heterocycles. The van der Waals surface area contributed by atoms with Crippen LogP contribution in [0.3, 0.4) is 0 Å². The molecule has 0 bridgehead atoms. The molecule has 0 atom stereocenters. The van der Waals surface area contributed by atoms with Crippen LogP contribution in [-0.4, -0.2) is 17.1 Å². The molecule has 0 saturated carbocycles. The van der Waals surface area contributed by atoms with Gasteiger partial charge in [-0.2, -0.15) is 0 Å². The van der Waals surface area contributed by atoms with Crippen molar-refractivity contribution in [1.82, 2.24) is 4.57 Å². The molecule has 4 heteroatoms. The molecule has 0 aliphatic rings. The summed E-state index contributed by atoms with van der Waals surface area (Å²) >= 11 is 0. The second kappa shape index (κ2) is 9.59. The van der Waals surface area contributed by atoms with Gasteiger partial charge in [0.25, 0.3) is 5.82 Å². The van der Waals surface area contributed by atoms with E-state index < -0.39 is 0 Å². The maximum Gasteiger partial charge on any atom is 0.338 e. The van der Waals surface area contributed by atoms with Gasteiger partial charge >= 0.3 is 5.97 Å². The first-order valence-electron chi connectivity index (χ1n) is 9.83. The zero-order valence-corrected chi connectivity index (χ0v) is 16.3. The highest BCUT2D eigenvalue weighted by atomic mass is 16.5. The SMILES string of the molecule is CCCCCCCCn1c(C)[n+](CC)c2ccc(C(=O)OCC)cc21. The smallest absolute Gasteiger partial charge is 0.338 e. The average molecular weight is 346 g/mol. The molecule has 0 N–H and O–H groups in total. The van der Waals surface area contributed by atoms with Crippen LogP contribution in [0, 0.1) is 6.92 Å². The number of ether oxygens (including phenoxy) is 1. The molecular formula is C21H33N2O2+. The Balaban J connectivity index is 2.22. The van der Waals surface area contributed by atoms with Gasteiger partial charge in [0.05, 0.1) is 25.3 Å². The number of carbonyl (C=O) groups excluding carboxylic acids is 1. The van der Waals surface area contributed by atoms with Crippen LogP contribution in [0.4, 0.5) is 0 Å². The summed E-state index contributed by atoms with van der Waals surface area (Å²) in [5, 5.41) is 0. The van der Waals surface area contributed by atoms with Crippen molar-refractivity contribution in [3.05, 3.63) is 29.6 Å². The zero-order valence-electron chi connectivity index (χ0n) is 16.3. The number of rotatable bonds is 10. The van der Waals surface area contributed by atoms with Gasteiger partial charge in [-0.3, -0.25) is 0 Å². The Morgan fingerprint density at radius 3 is 2.48 bits per heavy atom. The molecular weight excluding hydrogens is 312 g/mol. The first-order valence-corrected chi connectivity index (χ1v) is 9.83. The number of aryl methyl sites for hydroxylation is 2. The van der Waals surface area contributed by atoms with Gasteiger partial charge in [-0.1, -0.05) is 32.6 Å². The zero-order chi connectivity index (χ0) is 18.2. The number of nitrogens with zero attached hydrogens (tertiary/aromatic N) is 2. The van der Waals surface area contributed by atoms with Crippen molar-refractivity contribution in [3.8, 4) is 0 Å². The van der Waals surface area contributed by atoms with Gasteiger partial charge in [0.2, 0.25) is 0 Å². The Morgan fingerprint density at radius 1 is 1.08 bits per heavy atom. The molecule has 138 valence electrons. The number of unbranched alkanes of at least 4 members (excludes halogenated alkanes) is 5. The summed E-state index contributed by atoms with van der Waals surface area (Å²) in [6.07, 6.45) is 7.72. The summed E-state index contributed by atoms with van der Waals surface area (Å²) in [5.74, 6) is 1.02. The van der Waals surface area contributed by atoms with Gasteiger partial charge in [-0.15, -0.1) is 0 Å². The maximum absolute atomic E-state index is 12.1. The summed E-state index contributed by atoms with van der Waals surface area (Å²) in [5.41, 5.74) is 2.97. The Labute approximate surface area is 151 Å². The van der Waals surface area contributed by atoms with Crippen LogP contribution in [0.2, 0.25) is 0 Å². The standard InChI is InChI=1S/C21H33N2O2/c1-5-8-9-10-11-12-15-23-17(4)22(6-2)19-14-13-18(16-20(19)23)21(24)25-7-3/h13-14,16H,5-12,15H2,1-4H3/q+1. The summed E-state index contributed by atoms with van der Waals surface area (Å²) < 4.78 is 9.84. The van der Waals surface area contributed by atoms with Gasteiger partial charge in [0.1, 0.15) is 0 Å². The minimum atomic E-state index is -0.239. The minimum absolute atomic E-state index is 0.239. The van der Waals surface area contributed by atoms with E-state index in [0.29, 0.717) is 12.2 Å². The van der Waals surface area contributed by atoms with Crippen LogP contribution in [0.5, 0.6) is 0 Å². The Bertz CT molecular complexity index is 703. The number of fused-ring (bicyclic) bond motifs is 1. The van der Waals surface area contributed by atoms with Crippen LogP contribution < -0.4 is 4.57 Å². The molecule has 0 amide bonds. The quantitative estimate of drug-likeness (QED) is 0.352. The molecule has 1 aromatic carbocycles. The predicted molar refractivity (Wildman–Crippen MR) is 102 cm³/mol. The lowest BCUT2D eigenvalue weighted by molar-refractivity contribution is -0.675. The molecule has 0 aliphatic heterocycles. The highest BCUT2D eigenvalue weighted by Crippen LogP contribution is 2.19. The first-order chi connectivity index (χ1) is 12.1. The van der Waals surface area contributed by atoms with Crippen LogP contribution in [0.1, 0.15) is 75.5 Å². The van der Waals surface area contributed by atoms with Crippen LogP contribution >= 0.6 is 0 Å². The highest BCUT2D eigenvalue weighted by Gasteiger charge is 2.22. The molecule has 0 radical (unpaired) electrons. The fourth-order valence-corrected chi connectivity index (χ4v) is 3.54. The van der Waals surface area contributed by atoms with Gasteiger partial charge in [0, 0.05) is 13.0 Å². The fraction of sp³-hybridized carbons (Fsp3) is 0.619. The number of benzene rings is 1. The van der Waals surface area contributed by atoms with Gasteiger partial charge in [-0.25, -0.2) is 13.9 Å². The molecule has 0 fully saturated rings. The van der Waals surface area contributed by atoms with E-state index >= 15 is 0 Å². The van der Waals surface area contributed by atoms with Crippen molar-refractivity contribution < 1.29 is 14.1 Å². The number of hydrogen-bond donors (Lipinski definition) is 0. The van der Waals surface area contributed by atoms with E-state index in [1.165, 1.54) is 49.9 Å². The van der Waals surface area contributed by atoms with Crippen molar-refractivity contribution in [1.29, 1.82) is 0 Å². The van der Waals surface area contributed by atoms with Crippen LogP contribution in [0.25, 0.3) is 11.0 Å². The monoisotopic (exact) mass is 345 g/mol. The number of aromatic nitrogens is 2. The molecule has 0 aliphatic carbocycles. The van der Waals surface area contributed by atoms with Crippen molar-refractivity contribution in [3.63, 3.8) is 0 Å². The second-order valence-electron chi connectivity index (χ2n) is 6.63. The Morgan fingerprint density at radius 2 is 1.80 bits per heavy atom. The van der Waals surface area contributed by atoms with Crippen molar-refractivity contribution in [2.45, 2.75) is 79.3 Å². The van der Waals surface area contributed by atoms with Crippen molar-refractivity contribution >= 4 is 17.0 Å². The Hall–Kier alpha value is -1.84. The minimum Gasteiger partial charge on any atom is -0.462 e. The third-order valence-electron chi connectivity index (χ3n) is 4.90. The fourth-order valence-electron chi connectivity index (χ4n) is 3.54. The molecule has 25 heavy (non-hydrogen) atoms. The van der Waals surface area contributed by atoms with Crippen molar-refractivity contribution in [2.75, 3.05) is 6.61 Å². The number of esters is 1. The van der Waals surface area contributed by atoms with Gasteiger partial charge in [-0.05, 0) is 38.8 Å². The normalized spacial score (nSPS) is 11.2. The van der Waals surface area contributed by atoms with E-state index in [1.807, 2.05) is 19.1 Å². The average Bonchev–Trinajstić information content (AvgIpc) is 2.88. The highest BCUT2D eigenvalue weighted by molar-refractivity contribution is 5.93. The second-order valence-corrected chi connectivity index (χ2v) is 6.63. The maximum atomic E-state index is 12.1. The lowest BCUT2D eigenvalue weighted by atomic mass is 10.1. The van der Waals surface area contributed by atoms with Crippen molar-refractivity contribution in [2.24, 2.45) is 0 Å². The van der Waals surface area contributed by atoms with E-state index in [4.69, 9.17) is 4.74 Å². The van der Waals surface area contributed by atoms with E-state index in [9.17, 15) is 4.79 Å². The first kappa shape index (κ1) is 19.5. The summed E-state index contributed by atoms with van der Waals surface area (Å²) in [4.78, 5) is 12.1. The molecule has 1 heterocycles. The van der Waals surface area contributed by atoms with E-state index in [1.54, 1.807) is 0 Å². The lowest BCUT2D eigenvalue weighted by Crippen LogP contribution is -2.35. The van der Waals surface area contributed by atoms with Gasteiger partial charge in [0.15, 0.2) is 11.0 Å². The van der Waals surface area contributed by atoms with E-state index in [-0.39, 0.29) is 5.97 Å². The number of carbonyl (C=O) groups is 1. The van der Waals surface area contributed by atoms with E-state index in [0.717, 1.165) is 18.6 Å². The van der Waals surface area contributed by atoms with Crippen LogP contribution in [0.15, 0.2) is 18.2 Å². The molecule has 0 spiro atoms. The lowest BCUT2D eigenvalue weighted by Gasteiger charge is -2.03. The topological polar surface area (TPSA) is 35.1 Å². The summed E-state index contributed by atoms with van der Waals surface area (Å²) in [7, 11) is 0. The summed E-state index contributed by atoms with van der Waals surface area (Å²) in [6.45, 7) is 10.8. The molecule has 0 saturated heterocycles. The van der Waals surface area contributed by atoms with E-state index in [2.05, 4.69) is 36.0 Å². The Kier molecular flexibility index (Phi) is 7.48. The number of hydrogen-bond acceptors (Lipinski definition) is 2. The molecule has 2 rings (SSSR count). The molecule has 0 unspecified atom stereocenters. The number of imidazole rings is 1. The molecule has 4 nitrogen and oxygen atoms in total. The third-order valence-corrected chi connectivity index (χ3v) is 4.90.